The van der Waals surface area contributed by atoms with E-state index in [-0.39, 0.29) is 0 Å². The number of oxazole rings is 1. The Kier molecular flexibility index (Phi) is 4.71. The summed E-state index contributed by atoms with van der Waals surface area (Å²) >= 11 is 0. The van der Waals surface area contributed by atoms with Gasteiger partial charge in [-0.3, -0.25) is 9.58 Å². The van der Waals surface area contributed by atoms with Crippen molar-refractivity contribution in [3.63, 3.8) is 0 Å². The van der Waals surface area contributed by atoms with Gasteiger partial charge in [0.05, 0.1) is 23.6 Å². The summed E-state index contributed by atoms with van der Waals surface area (Å²) in [5, 5.41) is 15.3. The van der Waals surface area contributed by atoms with Crippen molar-refractivity contribution >= 4 is 0 Å². The number of nitrogens with zero attached hydrogens (tertiary/aromatic N) is 4. The lowest BCUT2D eigenvalue weighted by Crippen LogP contribution is -2.33. The van der Waals surface area contributed by atoms with Crippen molar-refractivity contribution in [1.82, 2.24) is 19.7 Å². The predicted molar refractivity (Wildman–Crippen MR) is 109 cm³/mol. The van der Waals surface area contributed by atoms with Gasteiger partial charge in [0.15, 0.2) is 0 Å². The number of hydrogen-bond donors (Lipinski definition) is 1. The number of aliphatic hydroxyl groups is 1. The summed E-state index contributed by atoms with van der Waals surface area (Å²) in [5.41, 5.74) is 4.56. The van der Waals surface area contributed by atoms with Gasteiger partial charge in [0.1, 0.15) is 12.4 Å². The molecular weight excluding hydrogens is 364 g/mol. The van der Waals surface area contributed by atoms with Gasteiger partial charge in [-0.2, -0.15) is 5.10 Å². The first kappa shape index (κ1) is 17.8. The molecule has 6 heteroatoms. The quantitative estimate of drug-likeness (QED) is 0.567. The molecule has 6 nitrogen and oxygen atoms in total. The highest BCUT2D eigenvalue weighted by Gasteiger charge is 2.22. The third-order valence-electron chi connectivity index (χ3n) is 5.25. The monoisotopic (exact) mass is 386 g/mol. The molecule has 2 aromatic heterocycles. The molecule has 0 fully saturated rings. The fraction of sp³-hybridized carbons (Fsp3) is 0.217. The molecule has 0 spiro atoms. The Morgan fingerprint density at radius 2 is 1.76 bits per heavy atom. The number of aliphatic hydroxyl groups excluding tert-OH is 1. The van der Waals surface area contributed by atoms with Gasteiger partial charge in [0, 0.05) is 25.2 Å². The average molecular weight is 386 g/mol. The first-order valence-electron chi connectivity index (χ1n) is 9.78. The fourth-order valence-electron chi connectivity index (χ4n) is 3.74. The van der Waals surface area contributed by atoms with Gasteiger partial charge in [0.2, 0.25) is 5.89 Å². The van der Waals surface area contributed by atoms with E-state index in [9.17, 15) is 5.11 Å². The molecule has 146 valence electrons. The third kappa shape index (κ3) is 3.72. The van der Waals surface area contributed by atoms with Crippen molar-refractivity contribution < 1.29 is 9.52 Å². The average Bonchev–Trinajstić information content (AvgIpc) is 3.41. The highest BCUT2D eigenvalue weighted by molar-refractivity contribution is 5.52. The minimum Gasteiger partial charge on any atom is -0.444 e. The van der Waals surface area contributed by atoms with E-state index >= 15 is 0 Å². The lowest BCUT2D eigenvalue weighted by molar-refractivity contribution is 0.198. The zero-order valence-corrected chi connectivity index (χ0v) is 16.0. The molecule has 29 heavy (non-hydrogen) atoms. The van der Waals surface area contributed by atoms with Gasteiger partial charge < -0.3 is 9.52 Å². The van der Waals surface area contributed by atoms with Crippen LogP contribution in [0.15, 0.2) is 77.4 Å². The van der Waals surface area contributed by atoms with E-state index in [1.807, 2.05) is 71.4 Å². The van der Waals surface area contributed by atoms with Crippen molar-refractivity contribution in [1.29, 1.82) is 0 Å². The summed E-state index contributed by atoms with van der Waals surface area (Å²) < 4.78 is 7.65. The van der Waals surface area contributed by atoms with Crippen molar-refractivity contribution in [3.05, 3.63) is 95.6 Å². The van der Waals surface area contributed by atoms with Crippen LogP contribution in [-0.2, 0) is 19.6 Å². The first-order chi connectivity index (χ1) is 14.3. The first-order valence-corrected chi connectivity index (χ1v) is 9.78. The molecule has 0 bridgehead atoms. The lowest BCUT2D eigenvalue weighted by atomic mass is 10.1. The SMILES string of the molecule is O[C@H](c1ccccc1)c1cc2n(n1)CCN(Cc1coc(-c3ccccc3)n1)C2. The molecule has 1 aliphatic rings. The Balaban J connectivity index is 1.28. The largest absolute Gasteiger partial charge is 0.444 e. The molecule has 1 N–H and O–H groups in total. The Morgan fingerprint density at radius 1 is 1.00 bits per heavy atom. The molecule has 5 rings (SSSR count). The molecule has 0 aliphatic carbocycles. The van der Waals surface area contributed by atoms with Crippen LogP contribution in [0.1, 0.15) is 28.7 Å². The zero-order valence-electron chi connectivity index (χ0n) is 16.0. The fourth-order valence-corrected chi connectivity index (χ4v) is 3.74. The van der Waals surface area contributed by atoms with E-state index < -0.39 is 6.10 Å². The number of rotatable bonds is 5. The van der Waals surface area contributed by atoms with Crippen molar-refractivity contribution in [3.8, 4) is 11.5 Å². The molecule has 1 aliphatic heterocycles. The second-order valence-corrected chi connectivity index (χ2v) is 7.32. The predicted octanol–water partition coefficient (Wildman–Crippen LogP) is 3.64. The van der Waals surface area contributed by atoms with Crippen LogP contribution >= 0.6 is 0 Å². The van der Waals surface area contributed by atoms with Crippen LogP contribution in [0.4, 0.5) is 0 Å². The van der Waals surface area contributed by atoms with Crippen LogP contribution in [-0.4, -0.2) is 31.3 Å². The minimum absolute atomic E-state index is 0.649. The summed E-state index contributed by atoms with van der Waals surface area (Å²) in [4.78, 5) is 6.95. The molecule has 4 aromatic rings. The summed E-state index contributed by atoms with van der Waals surface area (Å²) in [6.07, 6.45) is 1.03. The molecule has 0 unspecified atom stereocenters. The van der Waals surface area contributed by atoms with E-state index in [0.717, 1.165) is 48.7 Å². The maximum atomic E-state index is 10.6. The van der Waals surface area contributed by atoms with Crippen LogP contribution < -0.4 is 0 Å². The Hall–Kier alpha value is -3.22. The molecule has 0 saturated carbocycles. The zero-order chi connectivity index (χ0) is 19.6. The van der Waals surface area contributed by atoms with Gasteiger partial charge in [-0.25, -0.2) is 4.98 Å². The summed E-state index contributed by atoms with van der Waals surface area (Å²) in [6.45, 7) is 3.16. The Bertz CT molecular complexity index is 1090. The maximum absolute atomic E-state index is 10.6. The number of fused-ring (bicyclic) bond motifs is 1. The summed E-state index contributed by atoms with van der Waals surface area (Å²) in [7, 11) is 0. The lowest BCUT2D eigenvalue weighted by Gasteiger charge is -2.26. The Labute approximate surface area is 169 Å². The molecule has 1 atom stereocenters. The summed E-state index contributed by atoms with van der Waals surface area (Å²) in [6, 6.07) is 21.6. The van der Waals surface area contributed by atoms with Crippen LogP contribution in [0.25, 0.3) is 11.5 Å². The molecule has 2 aromatic carbocycles. The molecular formula is C23H22N4O2. The standard InChI is InChI=1S/C23H22N4O2/c28-22(17-7-3-1-4-8-17)21-13-20-15-26(11-12-27(20)25-21)14-19-16-29-23(24-19)18-9-5-2-6-10-18/h1-10,13,16,22,28H,11-12,14-15H2/t22-/m1/s1. The van der Waals surface area contributed by atoms with E-state index in [2.05, 4.69) is 15.0 Å². The second-order valence-electron chi connectivity index (χ2n) is 7.32. The van der Waals surface area contributed by atoms with E-state index in [1.54, 1.807) is 6.26 Å². The maximum Gasteiger partial charge on any atom is 0.226 e. The van der Waals surface area contributed by atoms with E-state index in [4.69, 9.17) is 4.42 Å². The van der Waals surface area contributed by atoms with Crippen molar-refractivity contribution in [2.24, 2.45) is 0 Å². The van der Waals surface area contributed by atoms with E-state index in [0.29, 0.717) is 11.6 Å². The highest BCUT2D eigenvalue weighted by atomic mass is 16.3. The van der Waals surface area contributed by atoms with E-state index in [1.165, 1.54) is 0 Å². The molecule has 0 saturated heterocycles. The smallest absolute Gasteiger partial charge is 0.226 e. The minimum atomic E-state index is -0.702. The topological polar surface area (TPSA) is 67.3 Å². The van der Waals surface area contributed by atoms with Crippen LogP contribution in [0, 0.1) is 0 Å². The normalized spacial score (nSPS) is 15.2. The van der Waals surface area contributed by atoms with Gasteiger partial charge in [-0.1, -0.05) is 48.5 Å². The van der Waals surface area contributed by atoms with Crippen LogP contribution in [0.5, 0.6) is 0 Å². The Morgan fingerprint density at radius 3 is 2.55 bits per heavy atom. The van der Waals surface area contributed by atoms with Gasteiger partial charge in [0.25, 0.3) is 0 Å². The highest BCUT2D eigenvalue weighted by Crippen LogP contribution is 2.24. The second kappa shape index (κ2) is 7.66. The summed E-state index contributed by atoms with van der Waals surface area (Å²) in [5.74, 6) is 0.649. The van der Waals surface area contributed by atoms with Gasteiger partial charge >= 0.3 is 0 Å². The van der Waals surface area contributed by atoms with Crippen molar-refractivity contribution in [2.75, 3.05) is 6.54 Å². The third-order valence-corrected chi connectivity index (χ3v) is 5.25. The molecule has 3 heterocycles. The van der Waals surface area contributed by atoms with Crippen LogP contribution in [0.2, 0.25) is 0 Å². The van der Waals surface area contributed by atoms with Crippen LogP contribution in [0.3, 0.4) is 0 Å². The van der Waals surface area contributed by atoms with Crippen molar-refractivity contribution in [2.45, 2.75) is 25.7 Å². The number of hydrogen-bond acceptors (Lipinski definition) is 5. The van der Waals surface area contributed by atoms with Gasteiger partial charge in [-0.15, -0.1) is 0 Å². The molecule has 0 radical (unpaired) electrons. The number of aromatic nitrogens is 3. The number of benzene rings is 2. The van der Waals surface area contributed by atoms with Gasteiger partial charge in [-0.05, 0) is 23.8 Å². The molecule has 0 amide bonds.